The maximum Gasteiger partial charge on any atom is 0.0483 e. The van der Waals surface area contributed by atoms with E-state index in [9.17, 15) is 0 Å². The van der Waals surface area contributed by atoms with Gasteiger partial charge in [0.25, 0.3) is 0 Å². The third kappa shape index (κ3) is 121. The van der Waals surface area contributed by atoms with E-state index in [2.05, 4.69) is 0 Å². The number of rotatable bonds is 0. The van der Waals surface area contributed by atoms with Crippen molar-refractivity contribution in [1.82, 2.24) is 0 Å². The molecule has 0 amide bonds. The molecule has 0 atom stereocenters. The van der Waals surface area contributed by atoms with Gasteiger partial charge >= 0.3 is 0 Å². The molecular weight excluding hydrogens is 111 g/mol. The van der Waals surface area contributed by atoms with Gasteiger partial charge in [0.2, 0.25) is 0 Å². The smallest absolute Gasteiger partial charge is 0.0483 e. The van der Waals surface area contributed by atoms with E-state index in [1.165, 1.54) is 0 Å². The molecule has 0 saturated carbocycles. The predicted octanol–water partition coefficient (Wildman–Crippen LogP) is 0.00380. The summed E-state index contributed by atoms with van der Waals surface area (Å²) in [7, 11) is 0. The number of aliphatic hydroxyl groups excluding tert-OH is 1. The standard InChI is InChI=1S/C3H8O.B.Ti/c1-3(2)4;;/h3-4H,1-2H3;;. The SMILES string of the molecule is CC(C)O.[B].[Ti]. The first-order chi connectivity index (χ1) is 1.73. The largest absolute Gasteiger partial charge is 0.394 e. The van der Waals surface area contributed by atoms with Crippen molar-refractivity contribution in [1.29, 1.82) is 0 Å². The van der Waals surface area contributed by atoms with Gasteiger partial charge in [-0.2, -0.15) is 0 Å². The molecule has 0 aromatic rings. The van der Waals surface area contributed by atoms with E-state index in [0.717, 1.165) is 0 Å². The van der Waals surface area contributed by atoms with Crippen LogP contribution in [0.15, 0.2) is 0 Å². The summed E-state index contributed by atoms with van der Waals surface area (Å²) in [4.78, 5) is 0. The van der Waals surface area contributed by atoms with Crippen LogP contribution in [-0.4, -0.2) is 19.6 Å². The van der Waals surface area contributed by atoms with Gasteiger partial charge in [0.1, 0.15) is 0 Å². The molecule has 0 fully saturated rings. The van der Waals surface area contributed by atoms with Crippen LogP contribution in [0.2, 0.25) is 0 Å². The molecule has 0 aromatic heterocycles. The van der Waals surface area contributed by atoms with Gasteiger partial charge in [0, 0.05) is 36.2 Å². The molecule has 0 saturated heterocycles. The van der Waals surface area contributed by atoms with E-state index in [-0.39, 0.29) is 36.2 Å². The Labute approximate surface area is 55.6 Å². The first-order valence-electron chi connectivity index (χ1n) is 1.41. The van der Waals surface area contributed by atoms with Crippen LogP contribution in [-0.2, 0) is 21.7 Å². The summed E-state index contributed by atoms with van der Waals surface area (Å²) in [5.41, 5.74) is 0. The zero-order valence-corrected chi connectivity index (χ0v) is 5.66. The Kier molecular flexibility index (Phi) is 24.4. The van der Waals surface area contributed by atoms with Gasteiger partial charge in [-0.15, -0.1) is 0 Å². The number of hydrogen-bond donors (Lipinski definition) is 1. The molecule has 0 aliphatic rings. The summed E-state index contributed by atoms with van der Waals surface area (Å²) in [5.74, 6) is 0. The van der Waals surface area contributed by atoms with Crippen LogP contribution in [0.4, 0.5) is 0 Å². The Morgan fingerprint density at radius 1 is 1.33 bits per heavy atom. The van der Waals surface area contributed by atoms with Crippen LogP contribution in [0.5, 0.6) is 0 Å². The molecule has 0 bridgehead atoms. The van der Waals surface area contributed by atoms with Crippen LogP contribution in [0.3, 0.4) is 0 Å². The summed E-state index contributed by atoms with van der Waals surface area (Å²) >= 11 is 0. The molecule has 0 aromatic carbocycles. The molecule has 0 aliphatic carbocycles. The second kappa shape index (κ2) is 9.22. The summed E-state index contributed by atoms with van der Waals surface area (Å²) < 4.78 is 0. The molecule has 1 N–H and O–H groups in total. The zero-order valence-electron chi connectivity index (χ0n) is 4.10. The third-order valence-electron chi connectivity index (χ3n) is 0. The summed E-state index contributed by atoms with van der Waals surface area (Å²) in [6.45, 7) is 3.44. The van der Waals surface area contributed by atoms with Crippen molar-refractivity contribution >= 4 is 8.41 Å². The second-order valence-corrected chi connectivity index (χ2v) is 1.09. The fraction of sp³-hybridized carbons (Fsp3) is 1.00. The fourth-order valence-corrected chi connectivity index (χ4v) is 0. The van der Waals surface area contributed by atoms with E-state index in [1.54, 1.807) is 13.8 Å². The maximum absolute atomic E-state index is 8.06. The number of hydrogen-bond acceptors (Lipinski definition) is 1. The van der Waals surface area contributed by atoms with Gasteiger partial charge in [-0.1, -0.05) is 0 Å². The average Bonchev–Trinajstić information content (AvgIpc) is 0.811. The third-order valence-corrected chi connectivity index (χ3v) is 0. The maximum atomic E-state index is 8.06. The zero-order chi connectivity index (χ0) is 3.58. The Hall–Kier alpha value is 0.739. The molecule has 6 heavy (non-hydrogen) atoms. The Balaban J connectivity index is -0.0000000450. The molecule has 0 unspecified atom stereocenters. The van der Waals surface area contributed by atoms with Crippen molar-refractivity contribution in [2.24, 2.45) is 0 Å². The molecule has 1 nitrogen and oxygen atoms in total. The first kappa shape index (κ1) is 15.9. The molecule has 3 heteroatoms. The molecule has 3 radical (unpaired) electrons. The Bertz CT molecular complexity index is 15.5. The topological polar surface area (TPSA) is 20.2 Å². The number of aliphatic hydroxyl groups is 1. The minimum Gasteiger partial charge on any atom is -0.394 e. The molecule has 0 spiro atoms. The second-order valence-electron chi connectivity index (χ2n) is 1.09. The van der Waals surface area contributed by atoms with E-state index in [4.69, 9.17) is 5.11 Å². The predicted molar refractivity (Wildman–Crippen MR) is 23.1 cm³/mol. The summed E-state index contributed by atoms with van der Waals surface area (Å²) in [6, 6.07) is 0. The molecule has 0 aliphatic heterocycles. The van der Waals surface area contributed by atoms with Crippen LogP contribution < -0.4 is 0 Å². The van der Waals surface area contributed by atoms with E-state index in [0.29, 0.717) is 0 Å². The van der Waals surface area contributed by atoms with Crippen molar-refractivity contribution in [3.05, 3.63) is 0 Å². The van der Waals surface area contributed by atoms with Crippen LogP contribution >= 0.6 is 0 Å². The van der Waals surface area contributed by atoms with E-state index in [1.807, 2.05) is 0 Å². The van der Waals surface area contributed by atoms with Gasteiger partial charge < -0.3 is 5.11 Å². The molecule has 0 rings (SSSR count). The molecule has 33 valence electrons. The summed E-state index contributed by atoms with van der Waals surface area (Å²) in [5, 5.41) is 8.06. The summed E-state index contributed by atoms with van der Waals surface area (Å²) in [6.07, 6.45) is -0.167. The molecular formula is C3H8BOTi. The normalized spacial score (nSPS) is 6.00. The minimum atomic E-state index is -0.167. The minimum absolute atomic E-state index is 0. The van der Waals surface area contributed by atoms with Crippen molar-refractivity contribution in [3.8, 4) is 0 Å². The first-order valence-corrected chi connectivity index (χ1v) is 1.41. The Morgan fingerprint density at radius 2 is 1.33 bits per heavy atom. The van der Waals surface area contributed by atoms with Crippen LogP contribution in [0.25, 0.3) is 0 Å². The van der Waals surface area contributed by atoms with Crippen LogP contribution in [0, 0.1) is 0 Å². The van der Waals surface area contributed by atoms with E-state index < -0.39 is 0 Å². The van der Waals surface area contributed by atoms with Gasteiger partial charge in [-0.3, -0.25) is 0 Å². The average molecular weight is 119 g/mol. The van der Waals surface area contributed by atoms with Gasteiger partial charge in [-0.25, -0.2) is 0 Å². The van der Waals surface area contributed by atoms with Gasteiger partial charge in [0.05, 0.1) is 0 Å². The van der Waals surface area contributed by atoms with Crippen molar-refractivity contribution < 1.29 is 26.8 Å². The van der Waals surface area contributed by atoms with E-state index >= 15 is 0 Å². The van der Waals surface area contributed by atoms with Crippen molar-refractivity contribution in [3.63, 3.8) is 0 Å². The quantitative estimate of drug-likeness (QED) is 0.445. The Morgan fingerprint density at radius 3 is 1.33 bits per heavy atom. The fourth-order valence-electron chi connectivity index (χ4n) is 0. The van der Waals surface area contributed by atoms with Crippen LogP contribution in [0.1, 0.15) is 13.8 Å². The van der Waals surface area contributed by atoms with Crippen molar-refractivity contribution in [2.45, 2.75) is 20.0 Å². The molecule has 0 heterocycles. The van der Waals surface area contributed by atoms with Crippen molar-refractivity contribution in [2.75, 3.05) is 0 Å². The van der Waals surface area contributed by atoms with Gasteiger partial charge in [-0.05, 0) is 13.8 Å². The van der Waals surface area contributed by atoms with Gasteiger partial charge in [0.15, 0.2) is 0 Å². The monoisotopic (exact) mass is 119 g/mol.